The van der Waals surface area contributed by atoms with E-state index in [2.05, 4.69) is 10.2 Å². The fourth-order valence-corrected chi connectivity index (χ4v) is 2.35. The predicted molar refractivity (Wildman–Crippen MR) is 72.0 cm³/mol. The number of aryl methyl sites for hydroxylation is 1. The van der Waals surface area contributed by atoms with E-state index in [1.54, 1.807) is 39.2 Å². The van der Waals surface area contributed by atoms with Crippen LogP contribution in [0.4, 0.5) is 5.69 Å². The summed E-state index contributed by atoms with van der Waals surface area (Å²) in [6.07, 6.45) is 0. The average molecular weight is 278 g/mol. The zero-order valence-corrected chi connectivity index (χ0v) is 11.7. The number of nitrogens with two attached hydrogens (primary N) is 1. The van der Waals surface area contributed by atoms with Crippen molar-refractivity contribution in [3.8, 4) is 0 Å². The largest absolute Gasteiger partial charge is 0.416 e. The number of nitrogens with zero attached hydrogens (tertiary/aromatic N) is 3. The molecule has 100 valence electrons. The number of aromatic nitrogens is 2. The molecule has 0 unspecified atom stereocenters. The van der Waals surface area contributed by atoms with Crippen LogP contribution < -0.4 is 5.73 Å². The van der Waals surface area contributed by atoms with E-state index in [-0.39, 0.29) is 5.91 Å². The molecule has 1 amide bonds. The van der Waals surface area contributed by atoms with Gasteiger partial charge in [0.05, 0.1) is 5.56 Å². The van der Waals surface area contributed by atoms with Crippen LogP contribution in [0.1, 0.15) is 16.2 Å². The van der Waals surface area contributed by atoms with Gasteiger partial charge in [-0.3, -0.25) is 4.79 Å². The lowest BCUT2D eigenvalue weighted by molar-refractivity contribution is 0.0824. The van der Waals surface area contributed by atoms with Crippen molar-refractivity contribution in [3.05, 3.63) is 29.7 Å². The van der Waals surface area contributed by atoms with Crippen molar-refractivity contribution < 1.29 is 9.21 Å². The average Bonchev–Trinajstić information content (AvgIpc) is 2.74. The van der Waals surface area contributed by atoms with Crippen LogP contribution in [0.2, 0.25) is 0 Å². The van der Waals surface area contributed by atoms with Crippen LogP contribution in [-0.4, -0.2) is 35.1 Å². The molecule has 0 fully saturated rings. The molecule has 0 bridgehead atoms. The highest BCUT2D eigenvalue weighted by Crippen LogP contribution is 2.31. The van der Waals surface area contributed by atoms with Gasteiger partial charge in [0, 0.05) is 31.6 Å². The molecule has 0 aliphatic heterocycles. The molecule has 0 saturated heterocycles. The van der Waals surface area contributed by atoms with Gasteiger partial charge in [0.2, 0.25) is 5.89 Å². The highest BCUT2D eigenvalue weighted by Gasteiger charge is 2.16. The summed E-state index contributed by atoms with van der Waals surface area (Å²) in [5.41, 5.74) is 6.89. The zero-order chi connectivity index (χ0) is 14.0. The summed E-state index contributed by atoms with van der Waals surface area (Å²) >= 11 is 1.23. The van der Waals surface area contributed by atoms with Gasteiger partial charge in [-0.2, -0.15) is 0 Å². The van der Waals surface area contributed by atoms with Crippen LogP contribution >= 0.6 is 11.8 Å². The molecular weight excluding hydrogens is 264 g/mol. The van der Waals surface area contributed by atoms with E-state index in [1.165, 1.54) is 16.7 Å². The molecule has 0 aliphatic rings. The minimum absolute atomic E-state index is 0.0984. The standard InChI is InChI=1S/C12H14N4O2S/c1-7-14-15-12(18-7)19-10-6-8(13)4-5-9(10)11(17)16(2)3/h4-6H,13H2,1-3H3. The highest BCUT2D eigenvalue weighted by molar-refractivity contribution is 7.99. The molecule has 2 N–H and O–H groups in total. The number of benzene rings is 1. The third-order valence-corrected chi connectivity index (χ3v) is 3.24. The fraction of sp³-hybridized carbons (Fsp3) is 0.250. The highest BCUT2D eigenvalue weighted by atomic mass is 32.2. The van der Waals surface area contributed by atoms with Gasteiger partial charge in [-0.1, -0.05) is 0 Å². The van der Waals surface area contributed by atoms with Crippen LogP contribution in [0.5, 0.6) is 0 Å². The lowest BCUT2D eigenvalue weighted by Gasteiger charge is -2.13. The Morgan fingerprint density at radius 3 is 2.68 bits per heavy atom. The number of hydrogen-bond donors (Lipinski definition) is 1. The van der Waals surface area contributed by atoms with E-state index in [4.69, 9.17) is 10.2 Å². The Morgan fingerprint density at radius 1 is 1.37 bits per heavy atom. The number of hydrogen-bond acceptors (Lipinski definition) is 6. The Bertz CT molecular complexity index is 610. The van der Waals surface area contributed by atoms with Crippen molar-refractivity contribution in [2.75, 3.05) is 19.8 Å². The Labute approximate surface area is 115 Å². The van der Waals surface area contributed by atoms with E-state index >= 15 is 0 Å². The molecule has 0 radical (unpaired) electrons. The summed E-state index contributed by atoms with van der Waals surface area (Å²) in [4.78, 5) is 14.3. The monoisotopic (exact) mass is 278 g/mol. The molecule has 0 saturated carbocycles. The summed E-state index contributed by atoms with van der Waals surface area (Å²) in [6, 6.07) is 5.12. The molecule has 1 aromatic carbocycles. The van der Waals surface area contributed by atoms with E-state index < -0.39 is 0 Å². The Kier molecular flexibility index (Phi) is 3.75. The maximum atomic E-state index is 12.1. The molecular formula is C12H14N4O2S. The summed E-state index contributed by atoms with van der Waals surface area (Å²) in [5.74, 6) is 0.380. The van der Waals surface area contributed by atoms with E-state index in [1.807, 2.05) is 0 Å². The van der Waals surface area contributed by atoms with Gasteiger partial charge in [0.1, 0.15) is 0 Å². The van der Waals surface area contributed by atoms with Crippen molar-refractivity contribution in [3.63, 3.8) is 0 Å². The molecule has 7 heteroatoms. The number of anilines is 1. The van der Waals surface area contributed by atoms with E-state index in [0.29, 0.717) is 27.3 Å². The molecule has 2 rings (SSSR count). The number of nitrogen functional groups attached to an aromatic ring is 1. The smallest absolute Gasteiger partial charge is 0.281 e. The summed E-state index contributed by atoms with van der Waals surface area (Å²) in [7, 11) is 3.40. The lowest BCUT2D eigenvalue weighted by atomic mass is 10.2. The summed E-state index contributed by atoms with van der Waals surface area (Å²) in [5, 5.41) is 8.03. The Balaban J connectivity index is 2.37. The topological polar surface area (TPSA) is 85.2 Å². The van der Waals surface area contributed by atoms with Crippen molar-refractivity contribution in [1.29, 1.82) is 0 Å². The minimum Gasteiger partial charge on any atom is -0.416 e. The summed E-state index contributed by atoms with van der Waals surface area (Å²) in [6.45, 7) is 1.71. The van der Waals surface area contributed by atoms with Crippen molar-refractivity contribution in [2.24, 2.45) is 0 Å². The Morgan fingerprint density at radius 2 is 2.11 bits per heavy atom. The third kappa shape index (κ3) is 3.05. The lowest BCUT2D eigenvalue weighted by Crippen LogP contribution is -2.22. The maximum absolute atomic E-state index is 12.1. The molecule has 6 nitrogen and oxygen atoms in total. The van der Waals surface area contributed by atoms with Gasteiger partial charge in [-0.15, -0.1) is 10.2 Å². The first-order chi connectivity index (χ1) is 8.97. The van der Waals surface area contributed by atoms with Gasteiger partial charge in [0.15, 0.2) is 0 Å². The second-order valence-corrected chi connectivity index (χ2v) is 5.14. The molecule has 0 atom stereocenters. The van der Waals surface area contributed by atoms with Gasteiger partial charge < -0.3 is 15.1 Å². The molecule has 2 aromatic rings. The first-order valence-electron chi connectivity index (χ1n) is 5.56. The first kappa shape index (κ1) is 13.4. The number of carbonyl (C=O) groups is 1. The van der Waals surface area contributed by atoms with E-state index in [9.17, 15) is 4.79 Å². The Hall–Kier alpha value is -2.02. The third-order valence-electron chi connectivity index (χ3n) is 2.35. The second-order valence-electron chi connectivity index (χ2n) is 4.14. The SMILES string of the molecule is Cc1nnc(Sc2cc(N)ccc2C(=O)N(C)C)o1. The van der Waals surface area contributed by atoms with Gasteiger partial charge in [-0.25, -0.2) is 0 Å². The van der Waals surface area contributed by atoms with Crippen LogP contribution in [0.3, 0.4) is 0 Å². The molecule has 19 heavy (non-hydrogen) atoms. The normalized spacial score (nSPS) is 10.5. The van der Waals surface area contributed by atoms with Gasteiger partial charge in [0.25, 0.3) is 11.1 Å². The molecule has 0 spiro atoms. The number of rotatable bonds is 3. The number of amides is 1. The zero-order valence-electron chi connectivity index (χ0n) is 10.9. The first-order valence-corrected chi connectivity index (χ1v) is 6.38. The second kappa shape index (κ2) is 5.31. The molecule has 1 heterocycles. The molecule has 1 aromatic heterocycles. The van der Waals surface area contributed by atoms with Crippen LogP contribution in [0.15, 0.2) is 32.7 Å². The predicted octanol–water partition coefficient (Wildman–Crippen LogP) is 1.81. The van der Waals surface area contributed by atoms with Crippen LogP contribution in [0, 0.1) is 6.92 Å². The summed E-state index contributed by atoms with van der Waals surface area (Å²) < 4.78 is 5.30. The van der Waals surface area contributed by atoms with Crippen molar-refractivity contribution in [1.82, 2.24) is 15.1 Å². The maximum Gasteiger partial charge on any atom is 0.281 e. The number of carbonyl (C=O) groups excluding carboxylic acids is 1. The molecule has 0 aliphatic carbocycles. The van der Waals surface area contributed by atoms with Crippen molar-refractivity contribution >= 4 is 23.4 Å². The van der Waals surface area contributed by atoms with Crippen LogP contribution in [-0.2, 0) is 0 Å². The van der Waals surface area contributed by atoms with E-state index in [0.717, 1.165) is 0 Å². The van der Waals surface area contributed by atoms with Crippen molar-refractivity contribution in [2.45, 2.75) is 17.0 Å². The fourth-order valence-electron chi connectivity index (χ4n) is 1.45. The quantitative estimate of drug-likeness (QED) is 0.862. The van der Waals surface area contributed by atoms with Gasteiger partial charge in [-0.05, 0) is 30.0 Å². The van der Waals surface area contributed by atoms with Crippen LogP contribution in [0.25, 0.3) is 0 Å². The minimum atomic E-state index is -0.0984. The van der Waals surface area contributed by atoms with Gasteiger partial charge >= 0.3 is 0 Å².